The van der Waals surface area contributed by atoms with Gasteiger partial charge in [0.25, 0.3) is 5.91 Å². The maximum absolute atomic E-state index is 12.7. The molecule has 3 rings (SSSR count). The minimum Gasteiger partial charge on any atom is -0.332 e. The van der Waals surface area contributed by atoms with Crippen molar-refractivity contribution in [2.75, 3.05) is 18.9 Å². The molecule has 2 amide bonds. The molecular formula is C20H19ClN2O2S. The molecule has 0 atom stereocenters. The number of nitrogens with one attached hydrogen (secondary N) is 1. The Kier molecular flexibility index (Phi) is 5.30. The number of para-hydroxylation sites is 1. The summed E-state index contributed by atoms with van der Waals surface area (Å²) in [5.41, 5.74) is 2.76. The van der Waals surface area contributed by atoms with Gasteiger partial charge in [0.15, 0.2) is 0 Å². The molecule has 134 valence electrons. The first-order chi connectivity index (χ1) is 12.4. The predicted molar refractivity (Wildman–Crippen MR) is 108 cm³/mol. The molecule has 1 N–H and O–H groups in total. The van der Waals surface area contributed by atoms with Crippen LogP contribution in [0.2, 0.25) is 5.02 Å². The molecule has 26 heavy (non-hydrogen) atoms. The number of likely N-dealkylation sites (N-methyl/N-ethyl adjacent to an activating group) is 1. The van der Waals surface area contributed by atoms with Gasteiger partial charge in [0.05, 0.1) is 11.6 Å². The number of hydrogen-bond donors (Lipinski definition) is 1. The van der Waals surface area contributed by atoms with Crippen molar-refractivity contribution in [1.82, 2.24) is 4.90 Å². The van der Waals surface area contributed by atoms with Crippen LogP contribution in [-0.4, -0.2) is 30.3 Å². The summed E-state index contributed by atoms with van der Waals surface area (Å²) in [6.45, 7) is 3.83. The number of hydrogen-bond acceptors (Lipinski definition) is 3. The van der Waals surface area contributed by atoms with Gasteiger partial charge in [-0.2, -0.15) is 0 Å². The van der Waals surface area contributed by atoms with Crippen LogP contribution in [0, 0.1) is 13.8 Å². The number of nitrogens with zero attached hydrogens (tertiary/aromatic N) is 1. The van der Waals surface area contributed by atoms with E-state index < -0.39 is 0 Å². The van der Waals surface area contributed by atoms with Crippen LogP contribution in [0.1, 0.15) is 20.8 Å². The van der Waals surface area contributed by atoms with Crippen molar-refractivity contribution in [2.45, 2.75) is 13.8 Å². The number of fused-ring (bicyclic) bond motifs is 1. The van der Waals surface area contributed by atoms with Crippen molar-refractivity contribution in [3.05, 3.63) is 63.5 Å². The van der Waals surface area contributed by atoms with Crippen LogP contribution in [0.3, 0.4) is 0 Å². The lowest BCUT2D eigenvalue weighted by Gasteiger charge is -2.17. The smallest absolute Gasteiger partial charge is 0.265 e. The molecule has 6 heteroatoms. The monoisotopic (exact) mass is 386 g/mol. The normalized spacial score (nSPS) is 10.8. The van der Waals surface area contributed by atoms with E-state index in [9.17, 15) is 9.59 Å². The SMILES string of the molecule is Cc1cccc(C)c1NC(=O)CN(C)C(=O)c1sc2ccccc2c1Cl. The lowest BCUT2D eigenvalue weighted by atomic mass is 10.1. The van der Waals surface area contributed by atoms with E-state index in [2.05, 4.69) is 5.32 Å². The van der Waals surface area contributed by atoms with Crippen LogP contribution >= 0.6 is 22.9 Å². The van der Waals surface area contributed by atoms with Gasteiger partial charge in [-0.05, 0) is 31.0 Å². The summed E-state index contributed by atoms with van der Waals surface area (Å²) in [6.07, 6.45) is 0. The number of amides is 2. The maximum atomic E-state index is 12.7. The van der Waals surface area contributed by atoms with Gasteiger partial charge in [0.1, 0.15) is 4.88 Å². The first-order valence-corrected chi connectivity index (χ1v) is 9.36. The van der Waals surface area contributed by atoms with E-state index in [1.54, 1.807) is 7.05 Å². The van der Waals surface area contributed by atoms with Crippen molar-refractivity contribution in [1.29, 1.82) is 0 Å². The third-order valence-corrected chi connectivity index (χ3v) is 5.87. The first kappa shape index (κ1) is 18.4. The van der Waals surface area contributed by atoms with Crippen LogP contribution in [0.4, 0.5) is 5.69 Å². The third kappa shape index (κ3) is 3.59. The summed E-state index contributed by atoms with van der Waals surface area (Å²) in [7, 11) is 1.60. The molecule has 0 bridgehead atoms. The lowest BCUT2D eigenvalue weighted by Crippen LogP contribution is -2.34. The van der Waals surface area contributed by atoms with Gasteiger partial charge in [0.2, 0.25) is 5.91 Å². The van der Waals surface area contributed by atoms with E-state index in [0.29, 0.717) is 9.90 Å². The highest BCUT2D eigenvalue weighted by atomic mass is 35.5. The Morgan fingerprint density at radius 2 is 1.73 bits per heavy atom. The van der Waals surface area contributed by atoms with Gasteiger partial charge < -0.3 is 10.2 Å². The molecule has 4 nitrogen and oxygen atoms in total. The number of aryl methyl sites for hydroxylation is 2. The second-order valence-electron chi connectivity index (χ2n) is 6.22. The molecule has 0 aliphatic rings. The van der Waals surface area contributed by atoms with E-state index in [1.165, 1.54) is 16.2 Å². The Morgan fingerprint density at radius 1 is 1.08 bits per heavy atom. The van der Waals surface area contributed by atoms with E-state index in [1.807, 2.05) is 56.3 Å². The van der Waals surface area contributed by atoms with Crippen molar-refractivity contribution in [3.8, 4) is 0 Å². The highest BCUT2D eigenvalue weighted by molar-refractivity contribution is 7.21. The second kappa shape index (κ2) is 7.48. The fraction of sp³-hybridized carbons (Fsp3) is 0.200. The Bertz CT molecular complexity index is 976. The summed E-state index contributed by atoms with van der Waals surface area (Å²) >= 11 is 7.71. The molecule has 0 saturated heterocycles. The summed E-state index contributed by atoms with van der Waals surface area (Å²) < 4.78 is 0.953. The summed E-state index contributed by atoms with van der Waals surface area (Å²) in [5, 5.41) is 4.19. The van der Waals surface area contributed by atoms with E-state index in [0.717, 1.165) is 26.9 Å². The number of benzene rings is 2. The number of carbonyl (C=O) groups is 2. The predicted octanol–water partition coefficient (Wildman–Crippen LogP) is 4.88. The zero-order chi connectivity index (χ0) is 18.8. The Hall–Kier alpha value is -2.37. The number of carbonyl (C=O) groups excluding carboxylic acids is 2. The van der Waals surface area contributed by atoms with Crippen molar-refractivity contribution >= 4 is 50.5 Å². The van der Waals surface area contributed by atoms with Crippen LogP contribution < -0.4 is 5.32 Å². The van der Waals surface area contributed by atoms with Crippen LogP contribution in [0.15, 0.2) is 42.5 Å². The number of anilines is 1. The van der Waals surface area contributed by atoms with Crippen LogP contribution in [-0.2, 0) is 4.79 Å². The number of thiophene rings is 1. The molecule has 2 aromatic carbocycles. The van der Waals surface area contributed by atoms with Crippen molar-refractivity contribution in [2.24, 2.45) is 0 Å². The first-order valence-electron chi connectivity index (χ1n) is 8.17. The molecule has 0 saturated carbocycles. The Morgan fingerprint density at radius 3 is 2.38 bits per heavy atom. The molecule has 3 aromatic rings. The summed E-state index contributed by atoms with van der Waals surface area (Å²) in [4.78, 5) is 27.0. The maximum Gasteiger partial charge on any atom is 0.265 e. The average Bonchev–Trinajstić information content (AvgIpc) is 2.95. The molecule has 0 fully saturated rings. The van der Waals surface area contributed by atoms with Gasteiger partial charge in [0, 0.05) is 22.8 Å². The summed E-state index contributed by atoms with van der Waals surface area (Å²) in [6, 6.07) is 13.4. The van der Waals surface area contributed by atoms with Crippen molar-refractivity contribution < 1.29 is 9.59 Å². The topological polar surface area (TPSA) is 49.4 Å². The molecule has 0 aliphatic heterocycles. The molecule has 1 aromatic heterocycles. The molecule has 1 heterocycles. The number of rotatable bonds is 4. The third-order valence-electron chi connectivity index (χ3n) is 4.20. The minimum absolute atomic E-state index is 0.0445. The Balaban J connectivity index is 1.74. The van der Waals surface area contributed by atoms with E-state index in [4.69, 9.17) is 11.6 Å². The molecule has 0 spiro atoms. The zero-order valence-corrected chi connectivity index (χ0v) is 16.4. The van der Waals surface area contributed by atoms with Gasteiger partial charge >= 0.3 is 0 Å². The van der Waals surface area contributed by atoms with E-state index >= 15 is 0 Å². The highest BCUT2D eigenvalue weighted by Crippen LogP contribution is 2.35. The fourth-order valence-corrected chi connectivity index (χ4v) is 4.31. The molecule has 0 unspecified atom stereocenters. The highest BCUT2D eigenvalue weighted by Gasteiger charge is 2.22. The lowest BCUT2D eigenvalue weighted by molar-refractivity contribution is -0.116. The number of halogens is 1. The van der Waals surface area contributed by atoms with Crippen LogP contribution in [0.5, 0.6) is 0 Å². The zero-order valence-electron chi connectivity index (χ0n) is 14.8. The van der Waals surface area contributed by atoms with Gasteiger partial charge in [-0.3, -0.25) is 9.59 Å². The van der Waals surface area contributed by atoms with E-state index in [-0.39, 0.29) is 18.4 Å². The summed E-state index contributed by atoms with van der Waals surface area (Å²) in [5.74, 6) is -0.497. The van der Waals surface area contributed by atoms with Gasteiger partial charge in [-0.15, -0.1) is 11.3 Å². The van der Waals surface area contributed by atoms with Crippen LogP contribution in [0.25, 0.3) is 10.1 Å². The standard InChI is InChI=1S/C20H19ClN2O2S/c1-12-7-6-8-13(2)18(12)22-16(24)11-23(3)20(25)19-17(21)14-9-4-5-10-15(14)26-19/h4-10H,11H2,1-3H3,(H,22,24). The molecule has 0 aliphatic carbocycles. The largest absolute Gasteiger partial charge is 0.332 e. The van der Waals surface area contributed by atoms with Gasteiger partial charge in [-0.25, -0.2) is 0 Å². The fourth-order valence-electron chi connectivity index (χ4n) is 2.80. The van der Waals surface area contributed by atoms with Crippen molar-refractivity contribution in [3.63, 3.8) is 0 Å². The average molecular weight is 387 g/mol. The van der Waals surface area contributed by atoms with Gasteiger partial charge in [-0.1, -0.05) is 48.0 Å². The molecule has 0 radical (unpaired) electrons. The molecular weight excluding hydrogens is 368 g/mol. The minimum atomic E-state index is -0.257. The second-order valence-corrected chi connectivity index (χ2v) is 7.65. The Labute approximate surface area is 161 Å². The quantitative estimate of drug-likeness (QED) is 0.694.